The molecule has 0 heteroatoms. The Morgan fingerprint density at radius 2 is 1.80 bits per heavy atom. The molecule has 0 bridgehead atoms. The molecule has 0 aromatic rings. The van der Waals surface area contributed by atoms with Crippen molar-refractivity contribution in [2.45, 2.75) is 13.8 Å². The first-order chi connectivity index (χ1) is 2.27. The molecular weight excluding hydrogens is 60.1 g/mol. The zero-order chi connectivity index (χ0) is 4.28. The SMILES string of the molecule is C=C[C](C)C. The Hall–Kier alpha value is -0.260. The van der Waals surface area contributed by atoms with E-state index in [1.807, 2.05) is 19.9 Å². The van der Waals surface area contributed by atoms with Gasteiger partial charge in [0.25, 0.3) is 0 Å². The van der Waals surface area contributed by atoms with E-state index in [0.29, 0.717) is 0 Å². The second kappa shape index (κ2) is 2.01. The predicted octanol–water partition coefficient (Wildman–Crippen LogP) is 1.79. The van der Waals surface area contributed by atoms with Crippen molar-refractivity contribution in [2.24, 2.45) is 0 Å². The first-order valence-electron chi connectivity index (χ1n) is 1.70. The number of hydrogen-bond acceptors (Lipinski definition) is 0. The average Bonchev–Trinajstić information content (AvgIpc) is 1.38. The van der Waals surface area contributed by atoms with Crippen LogP contribution in [0.4, 0.5) is 0 Å². The summed E-state index contributed by atoms with van der Waals surface area (Å²) in [5.74, 6) is 1.27. The van der Waals surface area contributed by atoms with Crippen LogP contribution in [0.1, 0.15) is 13.8 Å². The number of hydrogen-bond donors (Lipinski definition) is 0. The molecule has 29 valence electrons. The maximum atomic E-state index is 3.52. The van der Waals surface area contributed by atoms with Crippen molar-refractivity contribution in [2.75, 3.05) is 0 Å². The molecule has 0 atom stereocenters. The summed E-state index contributed by atoms with van der Waals surface area (Å²) in [6.07, 6.45) is 1.83. The van der Waals surface area contributed by atoms with Crippen LogP contribution in [0.25, 0.3) is 0 Å². The third-order valence-electron chi connectivity index (χ3n) is 0.408. The van der Waals surface area contributed by atoms with E-state index in [1.165, 1.54) is 5.92 Å². The Balaban J connectivity index is 2.83. The van der Waals surface area contributed by atoms with E-state index in [4.69, 9.17) is 0 Å². The summed E-state index contributed by atoms with van der Waals surface area (Å²) >= 11 is 0. The summed E-state index contributed by atoms with van der Waals surface area (Å²) in [6, 6.07) is 0. The molecule has 0 heterocycles. The van der Waals surface area contributed by atoms with E-state index in [-0.39, 0.29) is 0 Å². The van der Waals surface area contributed by atoms with Crippen LogP contribution < -0.4 is 0 Å². The molecular formula is C5H9. The lowest BCUT2D eigenvalue weighted by Crippen LogP contribution is -1.67. The van der Waals surface area contributed by atoms with Crippen molar-refractivity contribution in [1.29, 1.82) is 0 Å². The van der Waals surface area contributed by atoms with Gasteiger partial charge in [-0.1, -0.05) is 19.9 Å². The largest absolute Gasteiger partial charge is 0.103 e. The van der Waals surface area contributed by atoms with E-state index in [9.17, 15) is 0 Å². The smallest absolute Gasteiger partial charge is 0.00920 e. The fourth-order valence-electron chi connectivity index (χ4n) is 0. The van der Waals surface area contributed by atoms with Gasteiger partial charge in [0.1, 0.15) is 0 Å². The fraction of sp³-hybridized carbons (Fsp3) is 0.400. The molecule has 0 rings (SSSR count). The van der Waals surface area contributed by atoms with Crippen LogP contribution in [0.2, 0.25) is 0 Å². The molecule has 5 heavy (non-hydrogen) atoms. The zero-order valence-electron chi connectivity index (χ0n) is 3.78. The van der Waals surface area contributed by atoms with Gasteiger partial charge in [-0.25, -0.2) is 0 Å². The molecule has 0 spiro atoms. The molecule has 0 aromatic carbocycles. The van der Waals surface area contributed by atoms with Crippen molar-refractivity contribution in [3.63, 3.8) is 0 Å². The van der Waals surface area contributed by atoms with Gasteiger partial charge >= 0.3 is 0 Å². The Kier molecular flexibility index (Phi) is 1.90. The van der Waals surface area contributed by atoms with E-state index in [2.05, 4.69) is 6.58 Å². The average molecular weight is 69.1 g/mol. The summed E-state index contributed by atoms with van der Waals surface area (Å²) < 4.78 is 0. The van der Waals surface area contributed by atoms with E-state index < -0.39 is 0 Å². The first-order valence-corrected chi connectivity index (χ1v) is 1.70. The monoisotopic (exact) mass is 69.1 g/mol. The van der Waals surface area contributed by atoms with Crippen LogP contribution in [0, 0.1) is 5.92 Å². The maximum Gasteiger partial charge on any atom is -0.00920 e. The topological polar surface area (TPSA) is 0 Å². The predicted molar refractivity (Wildman–Crippen MR) is 24.8 cm³/mol. The standard InChI is InChI=1S/C5H9/c1-4-5(2)3/h4H,1H2,2-3H3. The van der Waals surface area contributed by atoms with Crippen LogP contribution >= 0.6 is 0 Å². The molecule has 0 aliphatic rings. The molecule has 0 aromatic heterocycles. The van der Waals surface area contributed by atoms with Gasteiger partial charge in [-0.2, -0.15) is 0 Å². The van der Waals surface area contributed by atoms with Gasteiger partial charge in [0.2, 0.25) is 0 Å². The van der Waals surface area contributed by atoms with Crippen LogP contribution in [0.15, 0.2) is 12.7 Å². The minimum absolute atomic E-state index is 1.27. The number of rotatable bonds is 1. The van der Waals surface area contributed by atoms with Crippen LogP contribution in [-0.4, -0.2) is 0 Å². The fourth-order valence-corrected chi connectivity index (χ4v) is 0. The summed E-state index contributed by atoms with van der Waals surface area (Å²) in [6.45, 7) is 7.56. The van der Waals surface area contributed by atoms with Crippen LogP contribution in [0.5, 0.6) is 0 Å². The van der Waals surface area contributed by atoms with Crippen molar-refractivity contribution in [1.82, 2.24) is 0 Å². The molecule has 0 nitrogen and oxygen atoms in total. The molecule has 1 radical (unpaired) electrons. The van der Waals surface area contributed by atoms with Crippen molar-refractivity contribution < 1.29 is 0 Å². The van der Waals surface area contributed by atoms with Gasteiger partial charge in [0.05, 0.1) is 0 Å². The molecule has 0 saturated carbocycles. The quantitative estimate of drug-likeness (QED) is 0.440. The highest BCUT2D eigenvalue weighted by atomic mass is 13.8. The lowest BCUT2D eigenvalue weighted by Gasteiger charge is -1.83. The van der Waals surface area contributed by atoms with E-state index >= 15 is 0 Å². The van der Waals surface area contributed by atoms with Crippen molar-refractivity contribution >= 4 is 0 Å². The van der Waals surface area contributed by atoms with Gasteiger partial charge in [0.15, 0.2) is 0 Å². The zero-order valence-corrected chi connectivity index (χ0v) is 3.78. The maximum absolute atomic E-state index is 3.52. The highest BCUT2D eigenvalue weighted by molar-refractivity contribution is 4.96. The summed E-state index contributed by atoms with van der Waals surface area (Å²) in [5, 5.41) is 0. The second-order valence-electron chi connectivity index (χ2n) is 1.28. The highest BCUT2D eigenvalue weighted by Gasteiger charge is 1.75. The lowest BCUT2D eigenvalue weighted by molar-refractivity contribution is 1.21. The van der Waals surface area contributed by atoms with Gasteiger partial charge in [-0.3, -0.25) is 0 Å². The molecule has 0 aliphatic heterocycles. The molecule has 0 saturated heterocycles. The first kappa shape index (κ1) is 4.74. The second-order valence-corrected chi connectivity index (χ2v) is 1.28. The summed E-state index contributed by atoms with van der Waals surface area (Å²) in [4.78, 5) is 0. The van der Waals surface area contributed by atoms with E-state index in [1.54, 1.807) is 0 Å². The Labute approximate surface area is 33.5 Å². The van der Waals surface area contributed by atoms with Crippen LogP contribution in [-0.2, 0) is 0 Å². The molecule has 0 N–H and O–H groups in total. The summed E-state index contributed by atoms with van der Waals surface area (Å²) in [5.41, 5.74) is 0. The Morgan fingerprint density at radius 3 is 1.80 bits per heavy atom. The van der Waals surface area contributed by atoms with Gasteiger partial charge in [-0.15, -0.1) is 6.58 Å². The van der Waals surface area contributed by atoms with Gasteiger partial charge in [0, 0.05) is 0 Å². The Bertz CT molecular complexity index is 27.0. The molecule has 0 fully saturated rings. The molecule has 0 aliphatic carbocycles. The lowest BCUT2D eigenvalue weighted by atomic mass is 10.2. The molecule has 0 amide bonds. The minimum Gasteiger partial charge on any atom is -0.103 e. The van der Waals surface area contributed by atoms with Crippen LogP contribution in [0.3, 0.4) is 0 Å². The normalized spacial score (nSPS) is 8.60. The Morgan fingerprint density at radius 1 is 1.60 bits per heavy atom. The van der Waals surface area contributed by atoms with Crippen molar-refractivity contribution in [3.8, 4) is 0 Å². The van der Waals surface area contributed by atoms with Gasteiger partial charge < -0.3 is 0 Å². The third-order valence-corrected chi connectivity index (χ3v) is 0.408. The number of allylic oxidation sites excluding steroid dienone is 1. The van der Waals surface area contributed by atoms with E-state index in [0.717, 1.165) is 0 Å². The van der Waals surface area contributed by atoms with Gasteiger partial charge in [-0.05, 0) is 5.92 Å². The minimum atomic E-state index is 1.27. The third kappa shape index (κ3) is 3.74. The summed E-state index contributed by atoms with van der Waals surface area (Å²) in [7, 11) is 0. The molecule has 0 unspecified atom stereocenters. The highest BCUT2D eigenvalue weighted by Crippen LogP contribution is 1.90. The van der Waals surface area contributed by atoms with Crippen molar-refractivity contribution in [3.05, 3.63) is 18.6 Å².